The van der Waals surface area contributed by atoms with E-state index in [2.05, 4.69) is 4.90 Å². The molecule has 0 amide bonds. The highest BCUT2D eigenvalue weighted by molar-refractivity contribution is 7.89. The summed E-state index contributed by atoms with van der Waals surface area (Å²) < 4.78 is 26.4. The minimum Gasteiger partial charge on any atom is -0.477 e. The topological polar surface area (TPSA) is 77.9 Å². The molecule has 1 aliphatic rings. The summed E-state index contributed by atoms with van der Waals surface area (Å²) in [6, 6.07) is 1.16. The van der Waals surface area contributed by atoms with Crippen molar-refractivity contribution in [3.8, 4) is 0 Å². The van der Waals surface area contributed by atoms with Gasteiger partial charge in [-0.25, -0.2) is 13.2 Å². The number of rotatable bonds is 4. The maximum Gasteiger partial charge on any atom is 0.345 e. The lowest BCUT2D eigenvalue weighted by molar-refractivity contribution is 0.0702. The fraction of sp³-hybridized carbons (Fsp3) is 0.583. The molecule has 6 nitrogen and oxygen atoms in total. The number of carboxylic acid groups (broad SMARTS) is 1. The van der Waals surface area contributed by atoms with Crippen molar-refractivity contribution in [2.45, 2.75) is 23.8 Å². The number of nitrogens with zero attached hydrogens (tertiary/aromatic N) is 2. The van der Waals surface area contributed by atoms with Crippen molar-refractivity contribution in [1.82, 2.24) is 9.21 Å². The fourth-order valence-corrected chi connectivity index (χ4v) is 4.84. The molecule has 0 spiro atoms. The zero-order chi connectivity index (χ0) is 14.9. The van der Waals surface area contributed by atoms with Crippen molar-refractivity contribution in [3.05, 3.63) is 16.3 Å². The lowest BCUT2D eigenvalue weighted by Crippen LogP contribution is -2.47. The van der Waals surface area contributed by atoms with E-state index in [1.807, 2.05) is 7.05 Å². The second-order valence-corrected chi connectivity index (χ2v) is 7.94. The van der Waals surface area contributed by atoms with Gasteiger partial charge >= 0.3 is 5.97 Å². The number of thiophene rings is 1. The molecule has 1 fully saturated rings. The van der Waals surface area contributed by atoms with Gasteiger partial charge in [0.2, 0.25) is 10.0 Å². The van der Waals surface area contributed by atoms with E-state index in [1.54, 1.807) is 7.05 Å². The van der Waals surface area contributed by atoms with Gasteiger partial charge in [0, 0.05) is 25.0 Å². The summed E-state index contributed by atoms with van der Waals surface area (Å²) in [6.45, 7) is 1.68. The van der Waals surface area contributed by atoms with Crippen LogP contribution < -0.4 is 0 Å². The molecule has 1 aromatic rings. The van der Waals surface area contributed by atoms with E-state index in [0.29, 0.717) is 6.54 Å². The summed E-state index contributed by atoms with van der Waals surface area (Å²) in [5.74, 6) is -1.10. The maximum atomic E-state index is 12.5. The Kier molecular flexibility index (Phi) is 4.48. The van der Waals surface area contributed by atoms with Gasteiger partial charge in [-0.2, -0.15) is 4.31 Å². The van der Waals surface area contributed by atoms with Crippen LogP contribution in [0.3, 0.4) is 0 Å². The van der Waals surface area contributed by atoms with Crippen LogP contribution in [0.15, 0.2) is 16.3 Å². The average molecular weight is 318 g/mol. The molecular weight excluding hydrogens is 300 g/mol. The zero-order valence-corrected chi connectivity index (χ0v) is 13.1. The second-order valence-electron chi connectivity index (χ2n) is 5.03. The standard InChI is InChI=1S/C12H18N2O4S2/c1-13-5-3-4-9(7-13)14(2)20(17,18)10-6-11(12(15)16)19-8-10/h6,8-9H,3-5,7H2,1-2H3,(H,15,16). The molecule has 0 bridgehead atoms. The molecule has 8 heteroatoms. The van der Waals surface area contributed by atoms with Gasteiger partial charge in [-0.15, -0.1) is 11.3 Å². The number of hydrogen-bond acceptors (Lipinski definition) is 5. The van der Waals surface area contributed by atoms with Crippen molar-refractivity contribution in [3.63, 3.8) is 0 Å². The minimum absolute atomic E-state index is 0.0396. The lowest BCUT2D eigenvalue weighted by Gasteiger charge is -2.34. The molecule has 1 unspecified atom stereocenters. The minimum atomic E-state index is -3.62. The van der Waals surface area contributed by atoms with Crippen LogP contribution in [0.1, 0.15) is 22.5 Å². The van der Waals surface area contributed by atoms with Gasteiger partial charge in [0.05, 0.1) is 4.90 Å². The molecule has 2 heterocycles. The molecule has 0 aromatic carbocycles. The van der Waals surface area contributed by atoms with E-state index in [4.69, 9.17) is 5.11 Å². The van der Waals surface area contributed by atoms with Crippen molar-refractivity contribution < 1.29 is 18.3 Å². The van der Waals surface area contributed by atoms with Gasteiger partial charge < -0.3 is 10.0 Å². The molecule has 112 valence electrons. The molecule has 1 atom stereocenters. The van der Waals surface area contributed by atoms with E-state index in [9.17, 15) is 13.2 Å². The van der Waals surface area contributed by atoms with E-state index < -0.39 is 16.0 Å². The summed E-state index contributed by atoms with van der Waals surface area (Å²) in [7, 11) is -0.0823. The van der Waals surface area contributed by atoms with Crippen LogP contribution in [0.2, 0.25) is 0 Å². The highest BCUT2D eigenvalue weighted by Crippen LogP contribution is 2.25. The first-order chi connectivity index (χ1) is 9.32. The first-order valence-electron chi connectivity index (χ1n) is 6.31. The molecule has 20 heavy (non-hydrogen) atoms. The second kappa shape index (κ2) is 5.80. The summed E-state index contributed by atoms with van der Waals surface area (Å²) in [4.78, 5) is 13.1. The van der Waals surface area contributed by atoms with Gasteiger partial charge in [0.1, 0.15) is 4.88 Å². The highest BCUT2D eigenvalue weighted by Gasteiger charge is 2.31. The van der Waals surface area contributed by atoms with E-state index in [0.717, 1.165) is 30.7 Å². The van der Waals surface area contributed by atoms with Crippen LogP contribution in [0.4, 0.5) is 0 Å². The van der Waals surface area contributed by atoms with E-state index in [1.165, 1.54) is 15.8 Å². The number of piperidine rings is 1. The maximum absolute atomic E-state index is 12.5. The molecule has 0 aliphatic carbocycles. The Balaban J connectivity index is 2.22. The van der Waals surface area contributed by atoms with Crippen LogP contribution in [-0.4, -0.2) is 61.9 Å². The summed E-state index contributed by atoms with van der Waals surface area (Å²) >= 11 is 0.933. The Morgan fingerprint density at radius 2 is 2.25 bits per heavy atom. The number of carboxylic acids is 1. The number of carbonyl (C=O) groups is 1. The van der Waals surface area contributed by atoms with E-state index >= 15 is 0 Å². The first-order valence-corrected chi connectivity index (χ1v) is 8.62. The number of likely N-dealkylation sites (tertiary alicyclic amines) is 1. The van der Waals surface area contributed by atoms with Crippen molar-refractivity contribution >= 4 is 27.3 Å². The third-order valence-corrected chi connectivity index (χ3v) is 6.53. The largest absolute Gasteiger partial charge is 0.477 e. The van der Waals surface area contributed by atoms with Gasteiger partial charge in [-0.3, -0.25) is 0 Å². The lowest BCUT2D eigenvalue weighted by atomic mass is 10.1. The van der Waals surface area contributed by atoms with Gasteiger partial charge in [-0.05, 0) is 32.5 Å². The van der Waals surface area contributed by atoms with Crippen LogP contribution in [0.25, 0.3) is 0 Å². The van der Waals surface area contributed by atoms with Crippen molar-refractivity contribution in [1.29, 1.82) is 0 Å². The molecule has 1 saturated heterocycles. The molecular formula is C12H18N2O4S2. The Morgan fingerprint density at radius 3 is 2.80 bits per heavy atom. The highest BCUT2D eigenvalue weighted by atomic mass is 32.2. The molecule has 1 aromatic heterocycles. The van der Waals surface area contributed by atoms with Crippen molar-refractivity contribution in [2.75, 3.05) is 27.2 Å². The number of likely N-dealkylation sites (N-methyl/N-ethyl adjacent to an activating group) is 2. The van der Waals surface area contributed by atoms with Crippen LogP contribution in [0.5, 0.6) is 0 Å². The van der Waals surface area contributed by atoms with E-state index in [-0.39, 0.29) is 15.8 Å². The fourth-order valence-electron chi connectivity index (χ4n) is 2.36. The van der Waals surface area contributed by atoms with Crippen LogP contribution >= 0.6 is 11.3 Å². The average Bonchev–Trinajstić information content (AvgIpc) is 2.88. The summed E-state index contributed by atoms with van der Waals surface area (Å²) in [5, 5.41) is 10.3. The molecule has 0 saturated carbocycles. The molecule has 2 rings (SSSR count). The quantitative estimate of drug-likeness (QED) is 0.901. The third-order valence-electron chi connectivity index (χ3n) is 3.58. The van der Waals surface area contributed by atoms with Gasteiger partial charge in [0.15, 0.2) is 0 Å². The smallest absolute Gasteiger partial charge is 0.345 e. The monoisotopic (exact) mass is 318 g/mol. The Labute approximate surface area is 122 Å². The normalized spacial score (nSPS) is 21.2. The van der Waals surface area contributed by atoms with Gasteiger partial charge in [-0.1, -0.05) is 0 Å². The summed E-state index contributed by atoms with van der Waals surface area (Å²) in [5.41, 5.74) is 0. The SMILES string of the molecule is CN1CCCC(N(C)S(=O)(=O)c2csc(C(=O)O)c2)C1. The van der Waals surface area contributed by atoms with Crippen molar-refractivity contribution in [2.24, 2.45) is 0 Å². The number of sulfonamides is 1. The van der Waals surface area contributed by atoms with Crippen LogP contribution in [-0.2, 0) is 10.0 Å². The number of hydrogen-bond donors (Lipinski definition) is 1. The molecule has 1 aliphatic heterocycles. The third kappa shape index (κ3) is 3.03. The zero-order valence-electron chi connectivity index (χ0n) is 11.4. The Bertz CT molecular complexity index is 596. The predicted octanol–water partition coefficient (Wildman–Crippen LogP) is 1.16. The summed E-state index contributed by atoms with van der Waals surface area (Å²) in [6.07, 6.45) is 1.79. The Hall–Kier alpha value is -0.960. The Morgan fingerprint density at radius 1 is 1.55 bits per heavy atom. The van der Waals surface area contributed by atoms with Gasteiger partial charge in [0.25, 0.3) is 0 Å². The van der Waals surface area contributed by atoms with Crippen LogP contribution in [0, 0.1) is 0 Å². The molecule has 0 radical (unpaired) electrons. The predicted molar refractivity (Wildman–Crippen MR) is 76.7 cm³/mol. The first kappa shape index (κ1) is 15.4. The number of aromatic carboxylic acids is 1. The molecule has 1 N–H and O–H groups in total.